The monoisotopic (exact) mass is 372 g/mol. The fraction of sp³-hybridized carbons (Fsp3) is 0.583. The topological polar surface area (TPSA) is 9.23 Å². The van der Waals surface area contributed by atoms with Crippen LogP contribution in [0.3, 0.4) is 0 Å². The molecule has 0 fully saturated rings. The van der Waals surface area contributed by atoms with Gasteiger partial charge in [0.15, 0.2) is 0 Å². The normalized spacial score (nSPS) is 13.8. The fourth-order valence-corrected chi connectivity index (χ4v) is 9.41. The molecule has 0 atom stereocenters. The van der Waals surface area contributed by atoms with E-state index in [0.29, 0.717) is 16.6 Å². The SMILES string of the molecule is C/C=C(\C)CCC/C=C(\O[Si](C(C)C)(C(C)C)C(C)C)c1ccccc1. The molecule has 0 aliphatic heterocycles. The zero-order chi connectivity index (χ0) is 19.7. The zero-order valence-electron chi connectivity index (χ0n) is 18.3. The average Bonchev–Trinajstić information content (AvgIpc) is 2.60. The van der Waals surface area contributed by atoms with Gasteiger partial charge in [0.1, 0.15) is 5.76 Å². The van der Waals surface area contributed by atoms with Crippen molar-refractivity contribution in [1.82, 2.24) is 0 Å². The Hall–Kier alpha value is -1.28. The van der Waals surface area contributed by atoms with Gasteiger partial charge in [-0.1, -0.05) is 83.5 Å². The van der Waals surface area contributed by atoms with Crippen molar-refractivity contribution < 1.29 is 4.43 Å². The van der Waals surface area contributed by atoms with E-state index in [9.17, 15) is 0 Å². The molecule has 1 aromatic carbocycles. The maximum Gasteiger partial charge on any atom is 0.258 e. The van der Waals surface area contributed by atoms with Crippen LogP contribution in [0.15, 0.2) is 48.1 Å². The maximum absolute atomic E-state index is 7.03. The highest BCUT2D eigenvalue weighted by molar-refractivity contribution is 6.78. The highest BCUT2D eigenvalue weighted by Crippen LogP contribution is 2.45. The van der Waals surface area contributed by atoms with Crippen LogP contribution in [-0.4, -0.2) is 8.32 Å². The number of allylic oxidation sites excluding steroid dienone is 3. The van der Waals surface area contributed by atoms with Crippen LogP contribution in [0.2, 0.25) is 16.6 Å². The van der Waals surface area contributed by atoms with Crippen molar-refractivity contribution in [3.63, 3.8) is 0 Å². The van der Waals surface area contributed by atoms with E-state index in [0.717, 1.165) is 18.6 Å². The lowest BCUT2D eigenvalue weighted by Crippen LogP contribution is -2.47. The molecular weight excluding hydrogens is 332 g/mol. The molecule has 0 heterocycles. The van der Waals surface area contributed by atoms with Crippen molar-refractivity contribution in [1.29, 1.82) is 0 Å². The van der Waals surface area contributed by atoms with E-state index >= 15 is 0 Å². The second kappa shape index (κ2) is 10.8. The summed E-state index contributed by atoms with van der Waals surface area (Å²) in [5.74, 6) is 1.10. The van der Waals surface area contributed by atoms with Crippen LogP contribution in [0, 0.1) is 0 Å². The van der Waals surface area contributed by atoms with Crippen LogP contribution in [0.5, 0.6) is 0 Å². The molecule has 0 saturated heterocycles. The van der Waals surface area contributed by atoms with Crippen LogP contribution in [0.4, 0.5) is 0 Å². The van der Waals surface area contributed by atoms with Crippen molar-refractivity contribution in [3.8, 4) is 0 Å². The quantitative estimate of drug-likeness (QED) is 0.173. The van der Waals surface area contributed by atoms with E-state index in [1.807, 2.05) is 0 Å². The van der Waals surface area contributed by atoms with Crippen molar-refractivity contribution in [2.24, 2.45) is 0 Å². The molecule has 0 spiro atoms. The molecule has 1 rings (SSSR count). The van der Waals surface area contributed by atoms with Gasteiger partial charge in [0, 0.05) is 5.56 Å². The van der Waals surface area contributed by atoms with Crippen molar-refractivity contribution in [2.75, 3.05) is 0 Å². The molecule has 0 radical (unpaired) electrons. The Labute approximate surface area is 163 Å². The third-order valence-corrected chi connectivity index (χ3v) is 11.6. The Balaban J connectivity index is 3.15. The summed E-state index contributed by atoms with van der Waals surface area (Å²) in [6, 6.07) is 10.7. The fourth-order valence-electron chi connectivity index (χ4n) is 4.12. The minimum absolute atomic E-state index is 0.583. The van der Waals surface area contributed by atoms with Gasteiger partial charge in [0.25, 0.3) is 8.32 Å². The summed E-state index contributed by atoms with van der Waals surface area (Å²) in [6.45, 7) is 18.4. The first-order chi connectivity index (χ1) is 12.3. The number of hydrogen-bond donors (Lipinski definition) is 0. The Morgan fingerprint density at radius 2 is 1.50 bits per heavy atom. The van der Waals surface area contributed by atoms with Crippen LogP contribution in [-0.2, 0) is 4.43 Å². The number of hydrogen-bond acceptors (Lipinski definition) is 1. The summed E-state index contributed by atoms with van der Waals surface area (Å²) in [5.41, 5.74) is 4.43. The Morgan fingerprint density at radius 3 is 1.96 bits per heavy atom. The highest BCUT2D eigenvalue weighted by atomic mass is 28.4. The second-order valence-electron chi connectivity index (χ2n) is 8.38. The predicted octanol–water partition coefficient (Wildman–Crippen LogP) is 8.36. The highest BCUT2D eigenvalue weighted by Gasteiger charge is 2.47. The predicted molar refractivity (Wildman–Crippen MR) is 120 cm³/mol. The first-order valence-electron chi connectivity index (χ1n) is 10.3. The third kappa shape index (κ3) is 5.87. The summed E-state index contributed by atoms with van der Waals surface area (Å²) in [4.78, 5) is 0. The van der Waals surface area contributed by atoms with Crippen LogP contribution >= 0.6 is 0 Å². The first kappa shape index (κ1) is 22.8. The molecule has 26 heavy (non-hydrogen) atoms. The van der Waals surface area contributed by atoms with E-state index in [1.165, 1.54) is 17.6 Å². The molecule has 0 saturated carbocycles. The molecule has 0 amide bonds. The minimum atomic E-state index is -1.94. The van der Waals surface area contributed by atoms with Crippen molar-refractivity contribution in [3.05, 3.63) is 53.6 Å². The molecule has 2 heteroatoms. The lowest BCUT2D eigenvalue weighted by atomic mass is 10.1. The molecule has 0 aromatic heterocycles. The summed E-state index contributed by atoms with van der Waals surface area (Å²) in [6.07, 6.45) is 7.96. The van der Waals surface area contributed by atoms with Gasteiger partial charge in [0.05, 0.1) is 0 Å². The van der Waals surface area contributed by atoms with E-state index in [-0.39, 0.29) is 0 Å². The summed E-state index contributed by atoms with van der Waals surface area (Å²) in [7, 11) is -1.94. The van der Waals surface area contributed by atoms with Crippen LogP contribution in [0.25, 0.3) is 5.76 Å². The number of rotatable bonds is 10. The molecule has 0 unspecified atom stereocenters. The molecule has 0 N–H and O–H groups in total. The van der Waals surface area contributed by atoms with E-state index in [2.05, 4.69) is 97.9 Å². The molecule has 1 nitrogen and oxygen atoms in total. The molecule has 0 aliphatic carbocycles. The molecule has 1 aromatic rings. The zero-order valence-corrected chi connectivity index (χ0v) is 19.3. The minimum Gasteiger partial charge on any atom is -0.543 e. The second-order valence-corrected chi connectivity index (χ2v) is 13.8. The number of unbranched alkanes of at least 4 members (excludes halogenated alkanes) is 1. The standard InChI is InChI=1S/C24H40OSi/c1-9-22(8)15-13-14-18-24(23-16-11-10-12-17-23)25-26(19(2)3,20(4)5)21(6)7/h9-12,16-21H,13-15H2,1-8H3/b22-9+,24-18-. The van der Waals surface area contributed by atoms with Gasteiger partial charge in [-0.15, -0.1) is 0 Å². The lowest BCUT2D eigenvalue weighted by Gasteiger charge is -2.43. The van der Waals surface area contributed by atoms with Gasteiger partial charge >= 0.3 is 0 Å². The van der Waals surface area contributed by atoms with Gasteiger partial charge in [-0.2, -0.15) is 0 Å². The summed E-state index contributed by atoms with van der Waals surface area (Å²) in [5, 5.41) is 0. The average molecular weight is 373 g/mol. The number of benzene rings is 1. The summed E-state index contributed by atoms with van der Waals surface area (Å²) >= 11 is 0. The van der Waals surface area contributed by atoms with Crippen LogP contribution in [0.1, 0.15) is 80.2 Å². The third-order valence-electron chi connectivity index (χ3n) is 5.65. The van der Waals surface area contributed by atoms with Gasteiger partial charge in [-0.25, -0.2) is 0 Å². The van der Waals surface area contributed by atoms with Crippen LogP contribution < -0.4 is 0 Å². The van der Waals surface area contributed by atoms with E-state index in [4.69, 9.17) is 4.43 Å². The maximum atomic E-state index is 7.03. The van der Waals surface area contributed by atoms with Crippen molar-refractivity contribution in [2.45, 2.75) is 91.3 Å². The van der Waals surface area contributed by atoms with Gasteiger partial charge < -0.3 is 4.43 Å². The molecule has 0 bridgehead atoms. The molecule has 146 valence electrons. The Bertz CT molecular complexity index is 560. The Morgan fingerprint density at radius 1 is 0.962 bits per heavy atom. The largest absolute Gasteiger partial charge is 0.543 e. The van der Waals surface area contributed by atoms with Gasteiger partial charge in [-0.3, -0.25) is 0 Å². The van der Waals surface area contributed by atoms with Gasteiger partial charge in [0.2, 0.25) is 0 Å². The first-order valence-corrected chi connectivity index (χ1v) is 12.5. The smallest absolute Gasteiger partial charge is 0.258 e. The lowest BCUT2D eigenvalue weighted by molar-refractivity contribution is 0.442. The molecular formula is C24H40OSi. The van der Waals surface area contributed by atoms with Crippen molar-refractivity contribution >= 4 is 14.1 Å². The Kier molecular flexibility index (Phi) is 9.42. The molecule has 0 aliphatic rings. The van der Waals surface area contributed by atoms with E-state index in [1.54, 1.807) is 0 Å². The van der Waals surface area contributed by atoms with E-state index < -0.39 is 8.32 Å². The summed E-state index contributed by atoms with van der Waals surface area (Å²) < 4.78 is 7.03. The van der Waals surface area contributed by atoms with Gasteiger partial charge in [-0.05, 0) is 55.8 Å².